The fourth-order valence-electron chi connectivity index (χ4n) is 3.14. The van der Waals surface area contributed by atoms with E-state index in [-0.39, 0.29) is 22.6 Å². The van der Waals surface area contributed by atoms with Crippen LogP contribution < -0.4 is 4.90 Å². The molecule has 3 nitrogen and oxygen atoms in total. The Morgan fingerprint density at radius 2 is 1.33 bits per heavy atom. The second kappa shape index (κ2) is 5.14. The Morgan fingerprint density at radius 1 is 0.857 bits per heavy atom. The summed E-state index contributed by atoms with van der Waals surface area (Å²) in [7, 11) is 0. The molecule has 0 atom stereocenters. The zero-order valence-electron chi connectivity index (χ0n) is 13.4. The van der Waals surface area contributed by atoms with Crippen molar-refractivity contribution in [1.29, 1.82) is 0 Å². The van der Waals surface area contributed by atoms with Crippen molar-refractivity contribution in [1.82, 2.24) is 0 Å². The van der Waals surface area contributed by atoms with Crippen LogP contribution in [0, 0.1) is 5.41 Å². The van der Waals surface area contributed by atoms with Gasteiger partial charge in [0.15, 0.2) is 0 Å². The summed E-state index contributed by atoms with van der Waals surface area (Å²) in [5, 5.41) is 0. The average molecular weight is 285 g/mol. The third kappa shape index (κ3) is 3.41. The lowest BCUT2D eigenvalue weighted by molar-refractivity contribution is -0.119. The van der Waals surface area contributed by atoms with Gasteiger partial charge in [-0.3, -0.25) is 9.59 Å². The number of amides is 2. The molecule has 1 aliphatic heterocycles. The molecular formula is C18H23NO2. The van der Waals surface area contributed by atoms with Crippen molar-refractivity contribution < 1.29 is 9.59 Å². The first-order valence-electron chi connectivity index (χ1n) is 7.27. The van der Waals surface area contributed by atoms with Crippen molar-refractivity contribution >= 4 is 17.5 Å². The maximum Gasteiger partial charge on any atom is 0.258 e. The highest BCUT2D eigenvalue weighted by Crippen LogP contribution is 2.36. The largest absolute Gasteiger partial charge is 0.269 e. The summed E-state index contributed by atoms with van der Waals surface area (Å²) in [6.07, 6.45) is 3.67. The van der Waals surface area contributed by atoms with Gasteiger partial charge in [0.2, 0.25) is 0 Å². The fourth-order valence-corrected chi connectivity index (χ4v) is 3.14. The van der Waals surface area contributed by atoms with Gasteiger partial charge in [-0.2, -0.15) is 0 Å². The van der Waals surface area contributed by atoms with Gasteiger partial charge in [-0.25, -0.2) is 4.90 Å². The van der Waals surface area contributed by atoms with Crippen LogP contribution in [-0.4, -0.2) is 11.8 Å². The Bertz CT molecular complexity index is 571. The summed E-state index contributed by atoms with van der Waals surface area (Å²) >= 11 is 0. The van der Waals surface area contributed by atoms with Gasteiger partial charge in [0.1, 0.15) is 0 Å². The first-order valence-corrected chi connectivity index (χ1v) is 7.27. The van der Waals surface area contributed by atoms with E-state index in [1.165, 1.54) is 22.6 Å². The molecule has 0 bridgehead atoms. The highest BCUT2D eigenvalue weighted by Gasteiger charge is 2.28. The molecule has 1 heterocycles. The molecule has 0 saturated carbocycles. The number of hydrogen-bond donors (Lipinski definition) is 0. The maximum atomic E-state index is 11.7. The second-order valence-electron chi connectivity index (χ2n) is 7.51. The molecule has 0 aliphatic carbocycles. The van der Waals surface area contributed by atoms with E-state index in [9.17, 15) is 9.59 Å². The average Bonchev–Trinajstić information content (AvgIpc) is 2.66. The highest BCUT2D eigenvalue weighted by atomic mass is 16.2. The van der Waals surface area contributed by atoms with Crippen molar-refractivity contribution in [2.45, 2.75) is 46.5 Å². The Balaban J connectivity index is 2.23. The van der Waals surface area contributed by atoms with Crippen molar-refractivity contribution in [3.05, 3.63) is 42.0 Å². The number of carbonyl (C=O) groups is 2. The van der Waals surface area contributed by atoms with Crippen molar-refractivity contribution in [3.63, 3.8) is 0 Å². The van der Waals surface area contributed by atoms with Crippen LogP contribution >= 0.6 is 0 Å². The number of rotatable bonds is 3. The molecule has 0 N–H and O–H groups in total. The van der Waals surface area contributed by atoms with Gasteiger partial charge in [-0.15, -0.1) is 0 Å². The minimum absolute atomic E-state index is 0.0497. The first kappa shape index (κ1) is 15.5. The smallest absolute Gasteiger partial charge is 0.258 e. The van der Waals surface area contributed by atoms with Gasteiger partial charge in [0.25, 0.3) is 11.8 Å². The SMILES string of the molecule is CC(C)(C)CC(C)(C)c1ccc(N2C(=O)C=CC2=O)cc1. The number of hydrogen-bond acceptors (Lipinski definition) is 2. The zero-order valence-corrected chi connectivity index (χ0v) is 13.4. The van der Waals surface area contributed by atoms with Gasteiger partial charge >= 0.3 is 0 Å². The molecule has 0 unspecified atom stereocenters. The lowest BCUT2D eigenvalue weighted by atomic mass is 9.72. The van der Waals surface area contributed by atoms with E-state index in [1.807, 2.05) is 24.3 Å². The standard InChI is InChI=1S/C18H23NO2/c1-17(2,3)12-18(4,5)13-6-8-14(9-7-13)19-15(20)10-11-16(19)21/h6-11H,12H2,1-5H3. The van der Waals surface area contributed by atoms with E-state index in [0.717, 1.165) is 6.42 Å². The van der Waals surface area contributed by atoms with Gasteiger partial charge in [0, 0.05) is 12.2 Å². The molecule has 0 radical (unpaired) electrons. The summed E-state index contributed by atoms with van der Waals surface area (Å²) in [5.74, 6) is -0.552. The number of benzene rings is 1. The van der Waals surface area contributed by atoms with Crippen LogP contribution in [0.2, 0.25) is 0 Å². The molecule has 1 aromatic rings. The predicted octanol–water partition coefficient (Wildman–Crippen LogP) is 3.83. The first-order chi connectivity index (χ1) is 9.60. The number of carbonyl (C=O) groups excluding carboxylic acids is 2. The molecular weight excluding hydrogens is 262 g/mol. The molecule has 2 rings (SSSR count). The monoisotopic (exact) mass is 285 g/mol. The van der Waals surface area contributed by atoms with E-state index in [2.05, 4.69) is 34.6 Å². The Kier molecular flexibility index (Phi) is 3.79. The van der Waals surface area contributed by atoms with E-state index < -0.39 is 0 Å². The Hall–Kier alpha value is -1.90. The molecule has 21 heavy (non-hydrogen) atoms. The minimum atomic E-state index is -0.276. The van der Waals surface area contributed by atoms with Gasteiger partial charge in [-0.05, 0) is 34.9 Å². The van der Waals surface area contributed by atoms with Crippen molar-refractivity contribution in [2.75, 3.05) is 4.90 Å². The summed E-state index contributed by atoms with van der Waals surface area (Å²) < 4.78 is 0. The van der Waals surface area contributed by atoms with Gasteiger partial charge in [0.05, 0.1) is 5.69 Å². The lowest BCUT2D eigenvalue weighted by Crippen LogP contribution is -2.29. The molecule has 0 aromatic heterocycles. The van der Waals surface area contributed by atoms with Crippen molar-refractivity contribution in [2.24, 2.45) is 5.41 Å². The zero-order chi connectivity index (χ0) is 15.8. The van der Waals surface area contributed by atoms with Crippen molar-refractivity contribution in [3.8, 4) is 0 Å². The molecule has 0 saturated heterocycles. The Labute approximate surface area is 126 Å². The molecule has 112 valence electrons. The summed E-state index contributed by atoms with van der Waals surface area (Å²) in [5.41, 5.74) is 2.14. The molecule has 2 amide bonds. The fraction of sp³-hybridized carbons (Fsp3) is 0.444. The molecule has 0 spiro atoms. The molecule has 1 aliphatic rings. The molecule has 3 heteroatoms. The second-order valence-corrected chi connectivity index (χ2v) is 7.51. The molecule has 1 aromatic carbocycles. The number of nitrogens with zero attached hydrogens (tertiary/aromatic N) is 1. The van der Waals surface area contributed by atoms with Crippen LogP contribution in [0.1, 0.15) is 46.6 Å². The lowest BCUT2D eigenvalue weighted by Gasteiger charge is -2.33. The summed E-state index contributed by atoms with van der Waals surface area (Å²) in [6, 6.07) is 7.73. The number of imide groups is 1. The quantitative estimate of drug-likeness (QED) is 0.791. The third-order valence-electron chi connectivity index (χ3n) is 3.69. The van der Waals surface area contributed by atoms with Crippen LogP contribution in [0.4, 0.5) is 5.69 Å². The molecule has 0 fully saturated rings. The van der Waals surface area contributed by atoms with E-state index in [1.54, 1.807) is 0 Å². The van der Waals surface area contributed by atoms with E-state index in [4.69, 9.17) is 0 Å². The van der Waals surface area contributed by atoms with Crippen LogP contribution in [0.3, 0.4) is 0 Å². The highest BCUT2D eigenvalue weighted by molar-refractivity contribution is 6.28. The number of anilines is 1. The predicted molar refractivity (Wildman–Crippen MR) is 85.2 cm³/mol. The van der Waals surface area contributed by atoms with E-state index >= 15 is 0 Å². The minimum Gasteiger partial charge on any atom is -0.269 e. The maximum absolute atomic E-state index is 11.7. The summed E-state index contributed by atoms with van der Waals surface area (Å²) in [6.45, 7) is 11.1. The van der Waals surface area contributed by atoms with E-state index in [0.29, 0.717) is 5.69 Å². The van der Waals surface area contributed by atoms with Gasteiger partial charge in [-0.1, -0.05) is 46.8 Å². The van der Waals surface area contributed by atoms with Crippen LogP contribution in [0.15, 0.2) is 36.4 Å². The van der Waals surface area contributed by atoms with Crippen LogP contribution in [0.5, 0.6) is 0 Å². The normalized spacial score (nSPS) is 16.0. The van der Waals surface area contributed by atoms with Crippen LogP contribution in [0.25, 0.3) is 0 Å². The van der Waals surface area contributed by atoms with Crippen LogP contribution in [-0.2, 0) is 15.0 Å². The van der Waals surface area contributed by atoms with Gasteiger partial charge < -0.3 is 0 Å². The topological polar surface area (TPSA) is 37.4 Å². The summed E-state index contributed by atoms with van der Waals surface area (Å²) in [4.78, 5) is 24.5. The third-order valence-corrected chi connectivity index (χ3v) is 3.69. The Morgan fingerprint density at radius 3 is 1.76 bits per heavy atom.